The number of hydrogen-bond donors (Lipinski definition) is 0. The van der Waals surface area contributed by atoms with Crippen LogP contribution in [0.5, 0.6) is 0 Å². The summed E-state index contributed by atoms with van der Waals surface area (Å²) < 4.78 is 1.83. The summed E-state index contributed by atoms with van der Waals surface area (Å²) in [5.74, 6) is 5.87. The maximum Gasteiger partial charge on any atom is 0.102 e. The van der Waals surface area contributed by atoms with Gasteiger partial charge >= 0.3 is 0 Å². The molecule has 0 fully saturated rings. The van der Waals surface area contributed by atoms with Crippen molar-refractivity contribution in [3.8, 4) is 34.4 Å². The van der Waals surface area contributed by atoms with Gasteiger partial charge in [-0.2, -0.15) is 5.10 Å². The SMILES string of the molecule is CC#CCn1ccc(-c2cccc(-c3ncccc3Cl)c2)n1. The second kappa shape index (κ2) is 6.46. The molecule has 3 rings (SSSR count). The molecule has 1 aromatic carbocycles. The van der Waals surface area contributed by atoms with Crippen molar-refractivity contribution in [2.24, 2.45) is 0 Å². The summed E-state index contributed by atoms with van der Waals surface area (Å²) >= 11 is 6.22. The standard InChI is InChI=1S/C18H14ClN3/c1-2-3-11-22-12-9-17(21-22)14-6-4-7-15(13-14)18-16(19)8-5-10-20-18/h4-10,12-13H,11H2,1H3. The van der Waals surface area contributed by atoms with Gasteiger partial charge in [-0.15, -0.1) is 5.92 Å². The lowest BCUT2D eigenvalue weighted by molar-refractivity contribution is 0.718. The molecule has 0 bridgehead atoms. The number of pyridine rings is 1. The number of hydrogen-bond acceptors (Lipinski definition) is 2. The monoisotopic (exact) mass is 307 g/mol. The molecule has 0 saturated carbocycles. The molecule has 2 aromatic heterocycles. The normalized spacial score (nSPS) is 10.1. The Morgan fingerprint density at radius 2 is 2.00 bits per heavy atom. The highest BCUT2D eigenvalue weighted by Crippen LogP contribution is 2.28. The average molecular weight is 308 g/mol. The van der Waals surface area contributed by atoms with Crippen molar-refractivity contribution in [3.63, 3.8) is 0 Å². The number of aromatic nitrogens is 3. The summed E-state index contributed by atoms with van der Waals surface area (Å²) in [6, 6.07) is 13.7. The molecule has 3 aromatic rings. The van der Waals surface area contributed by atoms with E-state index >= 15 is 0 Å². The highest BCUT2D eigenvalue weighted by molar-refractivity contribution is 6.33. The van der Waals surface area contributed by atoms with Gasteiger partial charge in [-0.1, -0.05) is 35.7 Å². The highest BCUT2D eigenvalue weighted by Gasteiger charge is 2.07. The van der Waals surface area contributed by atoms with Crippen molar-refractivity contribution < 1.29 is 0 Å². The predicted octanol–water partition coefficient (Wildman–Crippen LogP) is 4.29. The number of nitrogens with zero attached hydrogens (tertiary/aromatic N) is 3. The van der Waals surface area contributed by atoms with Crippen LogP contribution >= 0.6 is 11.6 Å². The van der Waals surface area contributed by atoms with Crippen LogP contribution in [0.1, 0.15) is 6.92 Å². The third kappa shape index (κ3) is 3.03. The fourth-order valence-corrected chi connectivity index (χ4v) is 2.42. The molecule has 0 atom stereocenters. The van der Waals surface area contributed by atoms with Gasteiger partial charge in [0.15, 0.2) is 0 Å². The Bertz CT molecular complexity index is 856. The van der Waals surface area contributed by atoms with E-state index in [2.05, 4.69) is 21.9 Å². The minimum absolute atomic E-state index is 0.599. The van der Waals surface area contributed by atoms with E-state index < -0.39 is 0 Å². The molecule has 0 spiro atoms. The van der Waals surface area contributed by atoms with Crippen molar-refractivity contribution in [3.05, 3.63) is 59.9 Å². The summed E-state index contributed by atoms with van der Waals surface area (Å²) in [5.41, 5.74) is 3.70. The third-order valence-electron chi connectivity index (χ3n) is 3.25. The van der Waals surface area contributed by atoms with Crippen LogP contribution in [-0.2, 0) is 6.54 Å². The molecule has 22 heavy (non-hydrogen) atoms. The smallest absolute Gasteiger partial charge is 0.102 e. The van der Waals surface area contributed by atoms with Crippen molar-refractivity contribution in [2.75, 3.05) is 0 Å². The van der Waals surface area contributed by atoms with Crippen molar-refractivity contribution >= 4 is 11.6 Å². The van der Waals surface area contributed by atoms with Crippen molar-refractivity contribution in [1.82, 2.24) is 14.8 Å². The molecule has 3 nitrogen and oxygen atoms in total. The third-order valence-corrected chi connectivity index (χ3v) is 3.55. The van der Waals surface area contributed by atoms with Crippen LogP contribution in [0.2, 0.25) is 5.02 Å². The zero-order valence-electron chi connectivity index (χ0n) is 12.1. The fourth-order valence-electron chi connectivity index (χ4n) is 2.19. The summed E-state index contributed by atoms with van der Waals surface area (Å²) in [6.45, 7) is 2.42. The molecule has 0 saturated heterocycles. The van der Waals surface area contributed by atoms with Gasteiger partial charge in [0.25, 0.3) is 0 Å². The van der Waals surface area contributed by atoms with E-state index in [1.807, 2.05) is 60.3 Å². The lowest BCUT2D eigenvalue weighted by Gasteiger charge is -2.05. The first-order valence-electron chi connectivity index (χ1n) is 6.92. The van der Waals surface area contributed by atoms with Crippen LogP contribution < -0.4 is 0 Å². The number of rotatable bonds is 3. The summed E-state index contributed by atoms with van der Waals surface area (Å²) in [6.07, 6.45) is 3.67. The van der Waals surface area contributed by atoms with Crippen LogP contribution in [0.4, 0.5) is 0 Å². The maximum atomic E-state index is 6.22. The number of benzene rings is 1. The van der Waals surface area contributed by atoms with E-state index in [9.17, 15) is 0 Å². The van der Waals surface area contributed by atoms with Crippen LogP contribution in [0.25, 0.3) is 22.5 Å². The number of halogens is 1. The largest absolute Gasteiger partial charge is 0.260 e. The molecule has 4 heteroatoms. The second-order valence-electron chi connectivity index (χ2n) is 4.74. The van der Waals surface area contributed by atoms with Gasteiger partial charge in [-0.25, -0.2) is 0 Å². The maximum absolute atomic E-state index is 6.22. The molecule has 108 valence electrons. The Labute approximate surface area is 134 Å². The molecule has 0 unspecified atom stereocenters. The lowest BCUT2D eigenvalue weighted by Crippen LogP contribution is -1.96. The first-order chi connectivity index (χ1) is 10.8. The Hall–Kier alpha value is -2.57. The predicted molar refractivity (Wildman–Crippen MR) is 89.4 cm³/mol. The molecule has 0 radical (unpaired) electrons. The van der Waals surface area contributed by atoms with Crippen LogP contribution in [-0.4, -0.2) is 14.8 Å². The van der Waals surface area contributed by atoms with Gasteiger partial charge in [0.2, 0.25) is 0 Å². The first-order valence-corrected chi connectivity index (χ1v) is 7.30. The quantitative estimate of drug-likeness (QED) is 0.676. The Morgan fingerprint density at radius 3 is 2.82 bits per heavy atom. The lowest BCUT2D eigenvalue weighted by atomic mass is 10.1. The molecule has 0 N–H and O–H groups in total. The molecule has 0 aliphatic heterocycles. The first kappa shape index (κ1) is 14.4. The van der Waals surface area contributed by atoms with Crippen molar-refractivity contribution in [1.29, 1.82) is 0 Å². The van der Waals surface area contributed by atoms with Gasteiger partial charge in [-0.3, -0.25) is 9.67 Å². The topological polar surface area (TPSA) is 30.7 Å². The van der Waals surface area contributed by atoms with E-state index in [1.54, 1.807) is 6.20 Å². The fraction of sp³-hybridized carbons (Fsp3) is 0.111. The van der Waals surface area contributed by atoms with E-state index in [1.165, 1.54) is 0 Å². The van der Waals surface area contributed by atoms with Gasteiger partial charge in [0, 0.05) is 23.5 Å². The highest BCUT2D eigenvalue weighted by atomic mass is 35.5. The molecular weight excluding hydrogens is 294 g/mol. The van der Waals surface area contributed by atoms with Crippen molar-refractivity contribution in [2.45, 2.75) is 13.5 Å². The minimum atomic E-state index is 0.599. The minimum Gasteiger partial charge on any atom is -0.260 e. The zero-order chi connectivity index (χ0) is 15.4. The second-order valence-corrected chi connectivity index (χ2v) is 5.15. The van der Waals surface area contributed by atoms with E-state index in [0.717, 1.165) is 22.5 Å². The average Bonchev–Trinajstić information content (AvgIpc) is 3.02. The summed E-state index contributed by atoms with van der Waals surface area (Å²) in [5, 5.41) is 5.18. The van der Waals surface area contributed by atoms with Gasteiger partial charge < -0.3 is 0 Å². The van der Waals surface area contributed by atoms with E-state index in [-0.39, 0.29) is 0 Å². The Morgan fingerprint density at radius 1 is 1.14 bits per heavy atom. The van der Waals surface area contributed by atoms with Crippen LogP contribution in [0, 0.1) is 11.8 Å². The molecule has 0 aliphatic carbocycles. The molecule has 0 amide bonds. The van der Waals surface area contributed by atoms with Gasteiger partial charge in [0.1, 0.15) is 6.54 Å². The summed E-state index contributed by atoms with van der Waals surface area (Å²) in [7, 11) is 0. The van der Waals surface area contributed by atoms with Crippen LogP contribution in [0.3, 0.4) is 0 Å². The summed E-state index contributed by atoms with van der Waals surface area (Å²) in [4.78, 5) is 4.35. The van der Waals surface area contributed by atoms with E-state index in [4.69, 9.17) is 11.6 Å². The van der Waals surface area contributed by atoms with E-state index in [0.29, 0.717) is 11.6 Å². The molecule has 0 aliphatic rings. The van der Waals surface area contributed by atoms with Gasteiger partial charge in [0.05, 0.1) is 16.4 Å². The molecular formula is C18H14ClN3. The zero-order valence-corrected chi connectivity index (χ0v) is 12.9. The molecule has 2 heterocycles. The Kier molecular flexibility index (Phi) is 4.22. The Balaban J connectivity index is 1.95. The van der Waals surface area contributed by atoms with Crippen LogP contribution in [0.15, 0.2) is 54.9 Å². The van der Waals surface area contributed by atoms with Gasteiger partial charge in [-0.05, 0) is 31.2 Å².